The van der Waals surface area contributed by atoms with Crippen LogP contribution in [0.15, 0.2) is 42.6 Å². The Hall–Kier alpha value is -2.23. The Balaban J connectivity index is 2.35. The van der Waals surface area contributed by atoms with Crippen LogP contribution in [0.3, 0.4) is 0 Å². The van der Waals surface area contributed by atoms with Gasteiger partial charge in [0.05, 0.1) is 5.92 Å². The summed E-state index contributed by atoms with van der Waals surface area (Å²) < 4.78 is 13.7. The van der Waals surface area contributed by atoms with Crippen molar-refractivity contribution in [3.05, 3.63) is 65.2 Å². The minimum absolute atomic E-state index is 0.183. The lowest BCUT2D eigenvalue weighted by Gasteiger charge is -2.14. The van der Waals surface area contributed by atoms with E-state index in [9.17, 15) is 14.3 Å². The molecule has 0 saturated carbocycles. The van der Waals surface area contributed by atoms with Crippen molar-refractivity contribution in [1.82, 2.24) is 4.98 Å². The Morgan fingerprint density at radius 1 is 1.32 bits per heavy atom. The fraction of sp³-hybridized carbons (Fsp3) is 0.200. The smallest absolute Gasteiger partial charge is 0.311 e. The third-order valence-corrected chi connectivity index (χ3v) is 3.09. The number of nitrogens with zero attached hydrogens (tertiary/aromatic N) is 1. The van der Waals surface area contributed by atoms with Crippen molar-refractivity contribution in [3.8, 4) is 0 Å². The number of aryl methyl sites for hydroxylation is 1. The van der Waals surface area contributed by atoms with Gasteiger partial charge in [0, 0.05) is 23.9 Å². The molecule has 0 amide bonds. The molecular formula is C15H14FNO2. The lowest BCUT2D eigenvalue weighted by Crippen LogP contribution is -2.17. The predicted octanol–water partition coefficient (Wildman–Crippen LogP) is 2.94. The van der Waals surface area contributed by atoms with Crippen LogP contribution in [0.4, 0.5) is 4.39 Å². The number of aliphatic carboxylic acids is 1. The lowest BCUT2D eigenvalue weighted by atomic mass is 9.92. The second-order valence-corrected chi connectivity index (χ2v) is 4.38. The molecule has 0 aliphatic rings. The minimum Gasteiger partial charge on any atom is -0.481 e. The zero-order valence-electron chi connectivity index (χ0n) is 10.5. The molecule has 19 heavy (non-hydrogen) atoms. The summed E-state index contributed by atoms with van der Waals surface area (Å²) in [6.45, 7) is 1.86. The number of benzene rings is 1. The molecule has 1 heterocycles. The predicted molar refractivity (Wildman–Crippen MR) is 69.5 cm³/mol. The zero-order valence-corrected chi connectivity index (χ0v) is 10.5. The molecule has 98 valence electrons. The number of hydrogen-bond donors (Lipinski definition) is 1. The Kier molecular flexibility index (Phi) is 3.90. The zero-order chi connectivity index (χ0) is 13.8. The number of carboxylic acid groups (broad SMARTS) is 1. The Morgan fingerprint density at radius 2 is 2.05 bits per heavy atom. The number of aromatic nitrogens is 1. The summed E-state index contributed by atoms with van der Waals surface area (Å²) in [4.78, 5) is 15.5. The van der Waals surface area contributed by atoms with E-state index in [-0.39, 0.29) is 12.0 Å². The van der Waals surface area contributed by atoms with Gasteiger partial charge in [-0.2, -0.15) is 0 Å². The maximum Gasteiger partial charge on any atom is 0.311 e. The summed E-state index contributed by atoms with van der Waals surface area (Å²) >= 11 is 0. The third-order valence-electron chi connectivity index (χ3n) is 3.09. The molecular weight excluding hydrogens is 245 g/mol. The highest BCUT2D eigenvalue weighted by atomic mass is 19.1. The highest BCUT2D eigenvalue weighted by Gasteiger charge is 2.24. The van der Waals surface area contributed by atoms with Gasteiger partial charge in [0.1, 0.15) is 5.82 Å². The normalized spacial score (nSPS) is 12.1. The van der Waals surface area contributed by atoms with Gasteiger partial charge in [0.25, 0.3) is 0 Å². The summed E-state index contributed by atoms with van der Waals surface area (Å²) in [5.74, 6) is -2.46. The number of hydrogen-bond acceptors (Lipinski definition) is 2. The van der Waals surface area contributed by atoms with Crippen LogP contribution in [-0.2, 0) is 11.2 Å². The van der Waals surface area contributed by atoms with Gasteiger partial charge in [-0.25, -0.2) is 4.39 Å². The average molecular weight is 259 g/mol. The van der Waals surface area contributed by atoms with Crippen LogP contribution in [0, 0.1) is 12.7 Å². The summed E-state index contributed by atoms with van der Waals surface area (Å²) in [5.41, 5.74) is 1.78. The quantitative estimate of drug-likeness (QED) is 0.918. The average Bonchev–Trinajstić information content (AvgIpc) is 2.38. The molecule has 0 aliphatic heterocycles. The molecule has 2 aromatic rings. The van der Waals surface area contributed by atoms with E-state index in [4.69, 9.17) is 0 Å². The monoisotopic (exact) mass is 259 g/mol. The Morgan fingerprint density at radius 3 is 2.68 bits per heavy atom. The fourth-order valence-corrected chi connectivity index (χ4v) is 2.01. The molecule has 1 atom stereocenters. The van der Waals surface area contributed by atoms with Gasteiger partial charge in [0.2, 0.25) is 0 Å². The van der Waals surface area contributed by atoms with E-state index in [0.717, 1.165) is 5.56 Å². The van der Waals surface area contributed by atoms with Crippen molar-refractivity contribution in [2.24, 2.45) is 0 Å². The second-order valence-electron chi connectivity index (χ2n) is 4.38. The van der Waals surface area contributed by atoms with Crippen molar-refractivity contribution >= 4 is 5.97 Å². The van der Waals surface area contributed by atoms with Gasteiger partial charge in [-0.05, 0) is 24.6 Å². The van der Waals surface area contributed by atoms with Crippen LogP contribution in [0.1, 0.15) is 22.7 Å². The first-order valence-corrected chi connectivity index (χ1v) is 5.97. The Labute approximate surface area is 110 Å². The summed E-state index contributed by atoms with van der Waals surface area (Å²) in [6.07, 6.45) is 1.80. The second kappa shape index (κ2) is 5.61. The number of carbonyl (C=O) groups is 1. The highest BCUT2D eigenvalue weighted by molar-refractivity contribution is 5.76. The van der Waals surface area contributed by atoms with Gasteiger partial charge in [-0.3, -0.25) is 9.78 Å². The largest absolute Gasteiger partial charge is 0.481 e. The van der Waals surface area contributed by atoms with Gasteiger partial charge in [-0.15, -0.1) is 0 Å². The fourth-order valence-electron chi connectivity index (χ4n) is 2.01. The number of carboxylic acids is 1. The molecule has 3 nitrogen and oxygen atoms in total. The van der Waals surface area contributed by atoms with E-state index in [1.807, 2.05) is 13.0 Å². The van der Waals surface area contributed by atoms with Crippen molar-refractivity contribution in [2.45, 2.75) is 19.3 Å². The van der Waals surface area contributed by atoms with Crippen LogP contribution in [-0.4, -0.2) is 16.1 Å². The molecule has 4 heteroatoms. The van der Waals surface area contributed by atoms with E-state index in [0.29, 0.717) is 5.69 Å². The molecule has 1 aromatic carbocycles. The molecule has 0 radical (unpaired) electrons. The van der Waals surface area contributed by atoms with Crippen molar-refractivity contribution in [2.75, 3.05) is 0 Å². The molecule has 1 N–H and O–H groups in total. The SMILES string of the molecule is Cc1cccnc1CC(C(=O)O)c1ccccc1F. The topological polar surface area (TPSA) is 50.2 Å². The minimum atomic E-state index is -1.05. The summed E-state index contributed by atoms with van der Waals surface area (Å²) in [5, 5.41) is 9.31. The van der Waals surface area contributed by atoms with Gasteiger partial charge >= 0.3 is 5.97 Å². The standard InChI is InChI=1S/C15H14FNO2/c1-10-5-4-8-17-14(10)9-12(15(18)19)11-6-2-3-7-13(11)16/h2-8,12H,9H2,1H3,(H,18,19). The number of rotatable bonds is 4. The molecule has 0 aliphatic carbocycles. The van der Waals surface area contributed by atoms with E-state index in [2.05, 4.69) is 4.98 Å². The molecule has 2 rings (SSSR count). The van der Waals surface area contributed by atoms with Crippen molar-refractivity contribution < 1.29 is 14.3 Å². The number of halogens is 1. The van der Waals surface area contributed by atoms with Gasteiger partial charge in [0.15, 0.2) is 0 Å². The molecule has 0 fully saturated rings. The molecule has 1 aromatic heterocycles. The van der Waals surface area contributed by atoms with Crippen molar-refractivity contribution in [1.29, 1.82) is 0 Å². The molecule has 0 bridgehead atoms. The third kappa shape index (κ3) is 2.96. The first-order chi connectivity index (χ1) is 9.09. The number of pyridine rings is 1. The highest BCUT2D eigenvalue weighted by Crippen LogP contribution is 2.24. The maximum atomic E-state index is 13.7. The van der Waals surface area contributed by atoms with E-state index < -0.39 is 17.7 Å². The molecule has 1 unspecified atom stereocenters. The lowest BCUT2D eigenvalue weighted by molar-refractivity contribution is -0.138. The maximum absolute atomic E-state index is 13.7. The van der Waals surface area contributed by atoms with Crippen LogP contribution in [0.25, 0.3) is 0 Å². The van der Waals surface area contributed by atoms with E-state index in [1.165, 1.54) is 12.1 Å². The van der Waals surface area contributed by atoms with Crippen molar-refractivity contribution in [3.63, 3.8) is 0 Å². The summed E-state index contributed by atoms with van der Waals surface area (Å²) in [7, 11) is 0. The van der Waals surface area contributed by atoms with E-state index in [1.54, 1.807) is 24.4 Å². The van der Waals surface area contributed by atoms with Crippen LogP contribution >= 0.6 is 0 Å². The first kappa shape index (κ1) is 13.2. The Bertz CT molecular complexity index is 598. The van der Waals surface area contributed by atoms with Crippen LogP contribution < -0.4 is 0 Å². The van der Waals surface area contributed by atoms with Crippen LogP contribution in [0.2, 0.25) is 0 Å². The first-order valence-electron chi connectivity index (χ1n) is 5.97. The summed E-state index contributed by atoms with van der Waals surface area (Å²) in [6, 6.07) is 9.62. The van der Waals surface area contributed by atoms with Gasteiger partial charge in [-0.1, -0.05) is 24.3 Å². The van der Waals surface area contributed by atoms with E-state index >= 15 is 0 Å². The van der Waals surface area contributed by atoms with Gasteiger partial charge < -0.3 is 5.11 Å². The van der Waals surface area contributed by atoms with Crippen LogP contribution in [0.5, 0.6) is 0 Å². The molecule has 0 saturated heterocycles. The molecule has 0 spiro atoms.